The highest BCUT2D eigenvalue weighted by atomic mass is 16.5. The molecule has 1 amide bonds. The van der Waals surface area contributed by atoms with Gasteiger partial charge >= 0.3 is 0 Å². The van der Waals surface area contributed by atoms with E-state index in [-0.39, 0.29) is 5.91 Å². The van der Waals surface area contributed by atoms with E-state index in [1.54, 1.807) is 38.5 Å². The van der Waals surface area contributed by atoms with Crippen molar-refractivity contribution in [2.75, 3.05) is 26.5 Å². The number of methoxy groups -OCH3 is 1. The lowest BCUT2D eigenvalue weighted by Gasteiger charge is -2.07. The Bertz CT molecular complexity index is 1200. The highest BCUT2D eigenvalue weighted by Crippen LogP contribution is 2.23. The van der Waals surface area contributed by atoms with Crippen molar-refractivity contribution >= 4 is 28.4 Å². The standard InChI is InChI=1S/C22H22N6O2.C2H6/c1-28(2)21(29)20-12-15-11-16(4-5-17(15)26-20)25-22-24-9-7-18(27-22)19-10-14(13-30-3)6-8-23-19;1-2/h4-12,26H,13H2,1-3H3,(H,24,25,27);1-2H3. The van der Waals surface area contributed by atoms with Crippen molar-refractivity contribution in [3.8, 4) is 11.4 Å². The third-order valence-electron chi connectivity index (χ3n) is 4.57. The Morgan fingerprint density at radius 2 is 1.81 bits per heavy atom. The van der Waals surface area contributed by atoms with Crippen LogP contribution in [0.1, 0.15) is 29.9 Å². The molecule has 0 spiro atoms. The predicted octanol–water partition coefficient (Wildman–Crippen LogP) is 4.64. The van der Waals surface area contributed by atoms with Crippen LogP contribution in [-0.2, 0) is 11.3 Å². The fourth-order valence-electron chi connectivity index (χ4n) is 3.13. The van der Waals surface area contributed by atoms with Crippen molar-refractivity contribution in [2.24, 2.45) is 0 Å². The van der Waals surface area contributed by atoms with E-state index in [9.17, 15) is 4.79 Å². The van der Waals surface area contributed by atoms with Crippen LogP contribution in [-0.4, -0.2) is 51.9 Å². The average molecular weight is 433 g/mol. The Labute approximate surface area is 187 Å². The first kappa shape index (κ1) is 22.9. The van der Waals surface area contributed by atoms with E-state index in [2.05, 4.69) is 25.3 Å². The summed E-state index contributed by atoms with van der Waals surface area (Å²) in [6, 6.07) is 13.3. The number of H-pyrrole nitrogens is 1. The minimum Gasteiger partial charge on any atom is -0.380 e. The van der Waals surface area contributed by atoms with Gasteiger partial charge in [0, 0.05) is 50.2 Å². The summed E-state index contributed by atoms with van der Waals surface area (Å²) in [5, 5.41) is 4.15. The molecule has 4 rings (SSSR count). The third kappa shape index (κ3) is 5.28. The molecular weight excluding hydrogens is 404 g/mol. The molecule has 0 saturated carbocycles. The van der Waals surface area contributed by atoms with E-state index in [1.807, 2.05) is 56.3 Å². The predicted molar refractivity (Wildman–Crippen MR) is 127 cm³/mol. The maximum atomic E-state index is 12.2. The molecule has 0 aliphatic heterocycles. The van der Waals surface area contributed by atoms with E-state index in [1.165, 1.54) is 0 Å². The lowest BCUT2D eigenvalue weighted by Crippen LogP contribution is -2.21. The van der Waals surface area contributed by atoms with Crippen molar-refractivity contribution in [1.82, 2.24) is 24.8 Å². The lowest BCUT2D eigenvalue weighted by atomic mass is 10.2. The Kier molecular flexibility index (Phi) is 7.51. The first-order valence-corrected chi connectivity index (χ1v) is 10.4. The zero-order chi connectivity index (χ0) is 23.1. The van der Waals surface area contributed by atoms with E-state index in [0.717, 1.165) is 27.8 Å². The molecule has 0 aliphatic carbocycles. The molecule has 32 heavy (non-hydrogen) atoms. The van der Waals surface area contributed by atoms with Gasteiger partial charge in [0.05, 0.1) is 18.0 Å². The molecule has 1 aromatic carbocycles. The molecule has 8 nitrogen and oxygen atoms in total. The zero-order valence-electron chi connectivity index (χ0n) is 19.0. The topological polar surface area (TPSA) is 96.0 Å². The molecule has 0 atom stereocenters. The Morgan fingerprint density at radius 1 is 1.03 bits per heavy atom. The van der Waals surface area contributed by atoms with Crippen LogP contribution in [0.4, 0.5) is 11.6 Å². The van der Waals surface area contributed by atoms with Gasteiger partial charge in [-0.05, 0) is 48.0 Å². The summed E-state index contributed by atoms with van der Waals surface area (Å²) >= 11 is 0. The lowest BCUT2D eigenvalue weighted by molar-refractivity contribution is 0.0823. The van der Waals surface area contributed by atoms with Gasteiger partial charge in [-0.15, -0.1) is 0 Å². The number of anilines is 2. The van der Waals surface area contributed by atoms with Crippen LogP contribution in [0.3, 0.4) is 0 Å². The first-order chi connectivity index (χ1) is 15.5. The van der Waals surface area contributed by atoms with Crippen molar-refractivity contribution in [1.29, 1.82) is 0 Å². The monoisotopic (exact) mass is 432 g/mol. The average Bonchev–Trinajstić information content (AvgIpc) is 3.24. The number of carbonyl (C=O) groups is 1. The smallest absolute Gasteiger partial charge is 0.269 e. The van der Waals surface area contributed by atoms with E-state index < -0.39 is 0 Å². The number of benzene rings is 1. The molecule has 0 saturated heterocycles. The SMILES string of the molecule is CC.COCc1ccnc(-c2ccnc(Nc3ccc4[nH]c(C(=O)N(C)C)cc4c3)n2)c1. The number of aromatic amines is 1. The second-order valence-electron chi connectivity index (χ2n) is 7.06. The largest absolute Gasteiger partial charge is 0.380 e. The van der Waals surface area contributed by atoms with Gasteiger partial charge in [0.15, 0.2) is 0 Å². The van der Waals surface area contributed by atoms with Crippen molar-refractivity contribution in [3.05, 3.63) is 66.1 Å². The van der Waals surface area contributed by atoms with Crippen LogP contribution in [0.2, 0.25) is 0 Å². The van der Waals surface area contributed by atoms with Crippen molar-refractivity contribution in [2.45, 2.75) is 20.5 Å². The van der Waals surface area contributed by atoms with Gasteiger partial charge in [0.25, 0.3) is 5.91 Å². The molecule has 0 bridgehead atoms. The van der Waals surface area contributed by atoms with Gasteiger partial charge in [-0.2, -0.15) is 0 Å². The number of nitrogens with one attached hydrogen (secondary N) is 2. The number of ether oxygens (including phenoxy) is 1. The maximum Gasteiger partial charge on any atom is 0.269 e. The second kappa shape index (κ2) is 10.5. The minimum absolute atomic E-state index is 0.0695. The first-order valence-electron chi connectivity index (χ1n) is 10.4. The molecule has 3 aromatic heterocycles. The van der Waals surface area contributed by atoms with Gasteiger partial charge in [-0.25, -0.2) is 9.97 Å². The summed E-state index contributed by atoms with van der Waals surface area (Å²) in [7, 11) is 5.11. The quantitative estimate of drug-likeness (QED) is 0.461. The highest BCUT2D eigenvalue weighted by Gasteiger charge is 2.12. The molecule has 0 fully saturated rings. The van der Waals surface area contributed by atoms with Crippen LogP contribution in [0.15, 0.2) is 54.9 Å². The van der Waals surface area contributed by atoms with Gasteiger partial charge in [0.1, 0.15) is 5.69 Å². The fourth-order valence-corrected chi connectivity index (χ4v) is 3.13. The summed E-state index contributed by atoms with van der Waals surface area (Å²) in [4.78, 5) is 30.2. The normalized spacial score (nSPS) is 10.4. The number of hydrogen-bond donors (Lipinski definition) is 2. The summed E-state index contributed by atoms with van der Waals surface area (Å²) in [6.07, 6.45) is 3.43. The van der Waals surface area contributed by atoms with Gasteiger partial charge in [-0.1, -0.05) is 13.8 Å². The number of nitrogens with zero attached hydrogens (tertiary/aromatic N) is 4. The summed E-state index contributed by atoms with van der Waals surface area (Å²) in [5.74, 6) is 0.394. The summed E-state index contributed by atoms with van der Waals surface area (Å²) in [5.41, 5.74) is 4.75. The number of aromatic nitrogens is 4. The van der Waals surface area contributed by atoms with Crippen LogP contribution >= 0.6 is 0 Å². The number of hydrogen-bond acceptors (Lipinski definition) is 6. The number of amides is 1. The molecule has 3 heterocycles. The van der Waals surface area contributed by atoms with Crippen molar-refractivity contribution < 1.29 is 9.53 Å². The minimum atomic E-state index is -0.0695. The molecule has 0 aliphatic rings. The second-order valence-corrected chi connectivity index (χ2v) is 7.06. The molecule has 0 radical (unpaired) electrons. The maximum absolute atomic E-state index is 12.2. The van der Waals surface area contributed by atoms with Crippen LogP contribution < -0.4 is 5.32 Å². The zero-order valence-corrected chi connectivity index (χ0v) is 19.0. The van der Waals surface area contributed by atoms with Gasteiger partial charge < -0.3 is 19.9 Å². The highest BCUT2D eigenvalue weighted by molar-refractivity contribution is 5.98. The Balaban J connectivity index is 0.00000141. The molecular formula is C24H28N6O2. The Hall–Kier alpha value is -3.78. The number of rotatable bonds is 6. The van der Waals surface area contributed by atoms with Crippen LogP contribution in [0, 0.1) is 0 Å². The van der Waals surface area contributed by atoms with Crippen LogP contribution in [0.25, 0.3) is 22.3 Å². The Morgan fingerprint density at radius 3 is 2.56 bits per heavy atom. The summed E-state index contributed by atoms with van der Waals surface area (Å²) in [6.45, 7) is 4.51. The van der Waals surface area contributed by atoms with E-state index in [4.69, 9.17) is 4.74 Å². The van der Waals surface area contributed by atoms with E-state index in [0.29, 0.717) is 23.9 Å². The fraction of sp³-hybridized carbons (Fsp3) is 0.250. The molecule has 0 unspecified atom stereocenters. The third-order valence-corrected chi connectivity index (χ3v) is 4.57. The molecule has 4 aromatic rings. The van der Waals surface area contributed by atoms with Crippen molar-refractivity contribution in [3.63, 3.8) is 0 Å². The van der Waals surface area contributed by atoms with Gasteiger partial charge in [0.2, 0.25) is 5.95 Å². The van der Waals surface area contributed by atoms with E-state index >= 15 is 0 Å². The van der Waals surface area contributed by atoms with Crippen LogP contribution in [0.5, 0.6) is 0 Å². The number of fused-ring (bicyclic) bond motifs is 1. The number of carbonyl (C=O) groups excluding carboxylic acids is 1. The molecule has 8 heteroatoms. The molecule has 2 N–H and O–H groups in total. The number of pyridine rings is 1. The summed E-state index contributed by atoms with van der Waals surface area (Å²) < 4.78 is 5.19. The molecule has 166 valence electrons. The van der Waals surface area contributed by atoms with Gasteiger partial charge in [-0.3, -0.25) is 9.78 Å².